The number of carbonyl (C=O) groups excluding carboxylic acids is 2. The molecule has 0 aliphatic heterocycles. The van der Waals surface area contributed by atoms with Crippen molar-refractivity contribution in [3.63, 3.8) is 0 Å². The lowest BCUT2D eigenvalue weighted by atomic mass is 10.1. The van der Waals surface area contributed by atoms with E-state index in [9.17, 15) is 9.59 Å². The molecule has 0 unspecified atom stereocenters. The van der Waals surface area contributed by atoms with Gasteiger partial charge in [-0.15, -0.1) is 11.3 Å². The Labute approximate surface area is 217 Å². The van der Waals surface area contributed by atoms with Crippen LogP contribution in [0.15, 0.2) is 35.8 Å². The summed E-state index contributed by atoms with van der Waals surface area (Å²) in [6.07, 6.45) is 1.39. The van der Waals surface area contributed by atoms with Gasteiger partial charge < -0.3 is 21.1 Å². The molecule has 0 saturated heterocycles. The number of methoxy groups -OCH3 is 1. The van der Waals surface area contributed by atoms with Crippen LogP contribution in [0.25, 0.3) is 0 Å². The number of benzene rings is 1. The molecule has 3 aromatic heterocycles. The Morgan fingerprint density at radius 1 is 1.14 bits per heavy atom. The van der Waals surface area contributed by atoms with Crippen molar-refractivity contribution in [1.82, 2.24) is 25.2 Å². The molecule has 0 saturated carbocycles. The maximum Gasteiger partial charge on any atom is 0.267 e. The van der Waals surface area contributed by atoms with E-state index in [1.54, 1.807) is 11.4 Å². The van der Waals surface area contributed by atoms with Crippen LogP contribution in [0.4, 0.5) is 17.5 Å². The number of thiophene rings is 1. The average Bonchev–Trinajstić information content (AvgIpc) is 3.41. The van der Waals surface area contributed by atoms with Crippen molar-refractivity contribution in [2.45, 2.75) is 6.54 Å². The number of nitrogens with two attached hydrogens (primary N) is 1. The summed E-state index contributed by atoms with van der Waals surface area (Å²) >= 11 is 19.6. The van der Waals surface area contributed by atoms with E-state index in [4.69, 9.17) is 45.3 Å². The van der Waals surface area contributed by atoms with Gasteiger partial charge in [-0.3, -0.25) is 9.59 Å². The highest BCUT2D eigenvalue weighted by Crippen LogP contribution is 2.35. The summed E-state index contributed by atoms with van der Waals surface area (Å²) < 4.78 is 6.70. The number of rotatable bonds is 7. The standard InChI is InChI=1S/C20H15Cl3N8O3S/c1-34-13-5-11(22)4-12(18(32)26-14-3-2-10(21)6-25-14)16(13)27-19(33)17-15(23)9(8-35-17)7-31-20(24)28-29-30-31/h2-6,8H,7H2,1H3,(H,27,33)(H2,24,28,30)(H,25,26,32). The van der Waals surface area contributed by atoms with E-state index >= 15 is 0 Å². The smallest absolute Gasteiger partial charge is 0.267 e. The fraction of sp³-hybridized carbons (Fsp3) is 0.100. The minimum Gasteiger partial charge on any atom is -0.494 e. The zero-order valence-corrected chi connectivity index (χ0v) is 20.8. The van der Waals surface area contributed by atoms with Crippen LogP contribution in [0.1, 0.15) is 25.6 Å². The fourth-order valence-corrected chi connectivity index (χ4v) is 4.54. The second-order valence-electron chi connectivity index (χ2n) is 6.90. The first kappa shape index (κ1) is 24.7. The minimum atomic E-state index is -0.581. The fourth-order valence-electron chi connectivity index (χ4n) is 2.98. The van der Waals surface area contributed by atoms with Gasteiger partial charge in [0.1, 0.15) is 16.4 Å². The van der Waals surface area contributed by atoms with Crippen molar-refractivity contribution in [2.24, 2.45) is 0 Å². The Hall–Kier alpha value is -3.45. The van der Waals surface area contributed by atoms with E-state index in [0.29, 0.717) is 10.6 Å². The van der Waals surface area contributed by atoms with E-state index < -0.39 is 11.8 Å². The van der Waals surface area contributed by atoms with E-state index in [1.807, 2.05) is 0 Å². The Kier molecular flexibility index (Phi) is 7.36. The van der Waals surface area contributed by atoms with Crippen molar-refractivity contribution >= 4 is 75.4 Å². The normalized spacial score (nSPS) is 10.7. The Morgan fingerprint density at radius 3 is 2.60 bits per heavy atom. The molecule has 1 aromatic carbocycles. The molecule has 15 heteroatoms. The van der Waals surface area contributed by atoms with Crippen LogP contribution in [-0.4, -0.2) is 44.1 Å². The molecular weight excluding hydrogens is 539 g/mol. The predicted octanol–water partition coefficient (Wildman–Crippen LogP) is 4.23. The summed E-state index contributed by atoms with van der Waals surface area (Å²) in [7, 11) is 1.39. The lowest BCUT2D eigenvalue weighted by Gasteiger charge is -2.15. The van der Waals surface area contributed by atoms with Gasteiger partial charge in [-0.25, -0.2) is 9.67 Å². The first-order valence-corrected chi connectivity index (χ1v) is 11.7. The summed E-state index contributed by atoms with van der Waals surface area (Å²) in [6.45, 7) is 0.174. The number of halogens is 3. The third kappa shape index (κ3) is 5.46. The van der Waals surface area contributed by atoms with Crippen molar-refractivity contribution in [3.05, 3.63) is 66.9 Å². The molecule has 4 rings (SSSR count). The van der Waals surface area contributed by atoms with Crippen LogP contribution >= 0.6 is 46.1 Å². The SMILES string of the molecule is COc1cc(Cl)cc(C(=O)Nc2ccc(Cl)cn2)c1NC(=O)c1scc(Cn2nnnc2N)c1Cl. The third-order valence-corrected chi connectivity index (χ3v) is 6.64. The maximum atomic E-state index is 13.1. The number of amides is 2. The summed E-state index contributed by atoms with van der Waals surface area (Å²) in [5, 5.41) is 18.7. The van der Waals surface area contributed by atoms with Crippen LogP contribution in [-0.2, 0) is 6.54 Å². The van der Waals surface area contributed by atoms with E-state index in [2.05, 4.69) is 31.1 Å². The Bertz CT molecular complexity index is 1410. The number of hydrogen-bond acceptors (Lipinski definition) is 9. The molecule has 0 aliphatic rings. The van der Waals surface area contributed by atoms with Gasteiger partial charge in [-0.05, 0) is 34.0 Å². The Balaban J connectivity index is 1.62. The van der Waals surface area contributed by atoms with Crippen molar-refractivity contribution in [3.8, 4) is 5.75 Å². The molecule has 4 N–H and O–H groups in total. The number of pyridine rings is 1. The molecule has 0 atom stereocenters. The second-order valence-corrected chi connectivity index (χ2v) is 9.03. The number of ether oxygens (including phenoxy) is 1. The second kappa shape index (κ2) is 10.4. The van der Waals surface area contributed by atoms with Crippen molar-refractivity contribution < 1.29 is 14.3 Å². The quantitative estimate of drug-likeness (QED) is 0.308. The molecule has 2 amide bonds. The highest BCUT2D eigenvalue weighted by molar-refractivity contribution is 7.13. The van der Waals surface area contributed by atoms with Crippen LogP contribution in [0.2, 0.25) is 15.1 Å². The molecular formula is C20H15Cl3N8O3S. The number of carbonyl (C=O) groups is 2. The van der Waals surface area contributed by atoms with Gasteiger partial charge >= 0.3 is 0 Å². The van der Waals surface area contributed by atoms with Gasteiger partial charge in [-0.1, -0.05) is 39.9 Å². The van der Waals surface area contributed by atoms with E-state index in [1.165, 1.54) is 36.2 Å². The average molecular weight is 554 g/mol. The Morgan fingerprint density at radius 2 is 1.94 bits per heavy atom. The summed E-state index contributed by atoms with van der Waals surface area (Å²) in [4.78, 5) is 30.4. The van der Waals surface area contributed by atoms with Crippen molar-refractivity contribution in [1.29, 1.82) is 0 Å². The van der Waals surface area contributed by atoms with Crippen LogP contribution in [0.3, 0.4) is 0 Å². The number of tetrazole rings is 1. The number of nitrogen functional groups attached to an aromatic ring is 1. The topological polar surface area (TPSA) is 150 Å². The first-order chi connectivity index (χ1) is 16.8. The van der Waals surface area contributed by atoms with E-state index in [-0.39, 0.29) is 50.2 Å². The lowest BCUT2D eigenvalue weighted by molar-refractivity contribution is 0.102. The molecule has 3 heterocycles. The molecule has 0 fully saturated rings. The first-order valence-electron chi connectivity index (χ1n) is 9.66. The van der Waals surface area contributed by atoms with Gasteiger partial charge in [0.25, 0.3) is 11.8 Å². The number of nitrogens with one attached hydrogen (secondary N) is 2. The molecule has 180 valence electrons. The maximum absolute atomic E-state index is 13.1. The highest BCUT2D eigenvalue weighted by atomic mass is 35.5. The number of hydrogen-bond donors (Lipinski definition) is 3. The monoisotopic (exact) mass is 552 g/mol. The summed E-state index contributed by atoms with van der Waals surface area (Å²) in [5.74, 6) is -0.605. The van der Waals surface area contributed by atoms with Crippen LogP contribution in [0, 0.1) is 0 Å². The molecule has 11 nitrogen and oxygen atoms in total. The lowest BCUT2D eigenvalue weighted by Crippen LogP contribution is -2.19. The van der Waals surface area contributed by atoms with Gasteiger partial charge in [0.15, 0.2) is 0 Å². The number of nitrogens with zero attached hydrogens (tertiary/aromatic N) is 5. The largest absolute Gasteiger partial charge is 0.494 e. The molecule has 0 radical (unpaired) electrons. The molecule has 0 spiro atoms. The molecule has 0 bridgehead atoms. The minimum absolute atomic E-state index is 0.0498. The zero-order valence-electron chi connectivity index (χ0n) is 17.8. The molecule has 0 aliphatic carbocycles. The summed E-state index contributed by atoms with van der Waals surface area (Å²) in [5.41, 5.74) is 6.44. The van der Waals surface area contributed by atoms with Gasteiger partial charge in [0.05, 0.1) is 35.0 Å². The number of anilines is 3. The van der Waals surface area contributed by atoms with Gasteiger partial charge in [-0.2, -0.15) is 0 Å². The van der Waals surface area contributed by atoms with Gasteiger partial charge in [0.2, 0.25) is 5.95 Å². The highest BCUT2D eigenvalue weighted by Gasteiger charge is 2.23. The summed E-state index contributed by atoms with van der Waals surface area (Å²) in [6, 6.07) is 5.97. The van der Waals surface area contributed by atoms with Gasteiger partial charge in [0, 0.05) is 22.8 Å². The molecule has 4 aromatic rings. The number of aromatic nitrogens is 5. The van der Waals surface area contributed by atoms with Crippen LogP contribution < -0.4 is 21.1 Å². The van der Waals surface area contributed by atoms with E-state index in [0.717, 1.165) is 11.3 Å². The third-order valence-electron chi connectivity index (χ3n) is 4.63. The zero-order chi connectivity index (χ0) is 25.1. The molecule has 35 heavy (non-hydrogen) atoms. The van der Waals surface area contributed by atoms with Crippen molar-refractivity contribution in [2.75, 3.05) is 23.5 Å². The van der Waals surface area contributed by atoms with Crippen LogP contribution in [0.5, 0.6) is 5.75 Å². The predicted molar refractivity (Wildman–Crippen MR) is 134 cm³/mol.